The Hall–Kier alpha value is -1.79. The van der Waals surface area contributed by atoms with Crippen molar-refractivity contribution >= 4 is 5.78 Å². The van der Waals surface area contributed by atoms with Crippen LogP contribution in [0.5, 0.6) is 11.5 Å². The van der Waals surface area contributed by atoms with Gasteiger partial charge in [0.1, 0.15) is 6.61 Å². The molecule has 0 unspecified atom stereocenters. The molecule has 0 saturated carbocycles. The first kappa shape index (κ1) is 15.3. The van der Waals surface area contributed by atoms with E-state index in [0.717, 1.165) is 6.92 Å². The Balaban J connectivity index is 3.18. The van der Waals surface area contributed by atoms with Crippen molar-refractivity contribution in [2.45, 2.75) is 20.3 Å². The number of hydrogen-bond acceptors (Lipinski definition) is 3. The maximum atomic E-state index is 13.5. The maximum Gasteiger partial charge on any atom is 0.207 e. The molecule has 0 atom stereocenters. The Bertz CT molecular complexity index is 459. The summed E-state index contributed by atoms with van der Waals surface area (Å²) in [6.07, 6.45) is 0.407. The van der Waals surface area contributed by atoms with E-state index in [-0.39, 0.29) is 6.61 Å². The fraction of sp³-hybridized carbons (Fsp3) is 0.417. The molecule has 0 aromatic heterocycles. The number of carbonyl (C=O) groups is 1. The normalized spacial score (nSPS) is 10.4. The third-order valence-corrected chi connectivity index (χ3v) is 2.05. The van der Waals surface area contributed by atoms with Crippen molar-refractivity contribution in [2.75, 3.05) is 13.2 Å². The van der Waals surface area contributed by atoms with Crippen LogP contribution in [-0.2, 0) is 4.79 Å². The fourth-order valence-electron chi connectivity index (χ4n) is 1.22. The summed E-state index contributed by atoms with van der Waals surface area (Å²) in [7, 11) is 0. The molecule has 0 aliphatic carbocycles. The molecule has 0 saturated heterocycles. The molecular weight excluding hydrogens is 268 g/mol. The van der Waals surface area contributed by atoms with E-state index in [1.54, 1.807) is 6.92 Å². The van der Waals surface area contributed by atoms with Gasteiger partial charge in [-0.2, -0.15) is 17.6 Å². The third-order valence-electron chi connectivity index (χ3n) is 2.05. The van der Waals surface area contributed by atoms with Crippen LogP contribution in [0.1, 0.15) is 20.3 Å². The van der Waals surface area contributed by atoms with Crippen LogP contribution < -0.4 is 9.47 Å². The van der Waals surface area contributed by atoms with Crippen molar-refractivity contribution in [3.05, 3.63) is 23.3 Å². The second-order valence-corrected chi connectivity index (χ2v) is 3.75. The molecule has 3 nitrogen and oxygen atoms in total. The minimum atomic E-state index is -1.73. The number of hydrogen-bond donors (Lipinski definition) is 0. The Kier molecular flexibility index (Phi) is 5.14. The number of benzene rings is 1. The van der Waals surface area contributed by atoms with E-state index < -0.39 is 47.2 Å². The molecule has 106 valence electrons. The van der Waals surface area contributed by atoms with E-state index in [1.807, 2.05) is 0 Å². The smallest absolute Gasteiger partial charge is 0.207 e. The highest BCUT2D eigenvalue weighted by Gasteiger charge is 2.28. The average Bonchev–Trinajstić information content (AvgIpc) is 2.36. The van der Waals surface area contributed by atoms with E-state index in [4.69, 9.17) is 0 Å². The van der Waals surface area contributed by atoms with Crippen molar-refractivity contribution in [3.63, 3.8) is 0 Å². The van der Waals surface area contributed by atoms with Crippen LogP contribution in [0.25, 0.3) is 0 Å². The van der Waals surface area contributed by atoms with Crippen LogP contribution in [0, 0.1) is 23.3 Å². The molecular formula is C12H12F4O3. The fourth-order valence-corrected chi connectivity index (χ4v) is 1.22. The van der Waals surface area contributed by atoms with Gasteiger partial charge in [0.2, 0.25) is 23.3 Å². The molecule has 1 aromatic carbocycles. The quantitative estimate of drug-likeness (QED) is 0.593. The predicted molar refractivity (Wildman–Crippen MR) is 58.2 cm³/mol. The maximum absolute atomic E-state index is 13.5. The van der Waals surface area contributed by atoms with Crippen LogP contribution in [0.4, 0.5) is 17.6 Å². The van der Waals surface area contributed by atoms with Gasteiger partial charge >= 0.3 is 0 Å². The number of halogens is 4. The van der Waals surface area contributed by atoms with Gasteiger partial charge in [-0.25, -0.2) is 0 Å². The van der Waals surface area contributed by atoms with Gasteiger partial charge < -0.3 is 9.47 Å². The van der Waals surface area contributed by atoms with Crippen LogP contribution in [0.3, 0.4) is 0 Å². The van der Waals surface area contributed by atoms with Gasteiger partial charge in [-0.05, 0) is 13.3 Å². The monoisotopic (exact) mass is 280 g/mol. The van der Waals surface area contributed by atoms with Gasteiger partial charge in [-0.1, -0.05) is 6.92 Å². The van der Waals surface area contributed by atoms with Crippen LogP contribution in [0.15, 0.2) is 0 Å². The molecule has 0 heterocycles. The second kappa shape index (κ2) is 6.40. The van der Waals surface area contributed by atoms with Gasteiger partial charge in [-0.15, -0.1) is 0 Å². The highest BCUT2D eigenvalue weighted by atomic mass is 19.2. The highest BCUT2D eigenvalue weighted by molar-refractivity contribution is 5.77. The Morgan fingerprint density at radius 2 is 1.37 bits per heavy atom. The van der Waals surface area contributed by atoms with E-state index >= 15 is 0 Å². The minimum Gasteiger partial charge on any atom is -0.487 e. The SMILES string of the molecule is CCCOc1c(F)c(F)c(OCC(C)=O)c(F)c1F. The zero-order chi connectivity index (χ0) is 14.6. The Morgan fingerprint density at radius 3 is 1.74 bits per heavy atom. The van der Waals surface area contributed by atoms with Crippen molar-refractivity contribution in [1.82, 2.24) is 0 Å². The van der Waals surface area contributed by atoms with Gasteiger partial charge in [-0.3, -0.25) is 4.79 Å². The zero-order valence-electron chi connectivity index (χ0n) is 10.4. The Labute approximate surface area is 107 Å². The molecule has 1 aromatic rings. The number of Topliss-reactive ketones (excluding diaryl/α,β-unsaturated/α-hetero) is 1. The molecule has 19 heavy (non-hydrogen) atoms. The van der Waals surface area contributed by atoms with Gasteiger partial charge in [0.25, 0.3) is 0 Å². The lowest BCUT2D eigenvalue weighted by Gasteiger charge is -2.12. The lowest BCUT2D eigenvalue weighted by atomic mass is 10.2. The molecule has 0 N–H and O–H groups in total. The van der Waals surface area contributed by atoms with Crippen LogP contribution >= 0.6 is 0 Å². The van der Waals surface area contributed by atoms with Crippen molar-refractivity contribution in [1.29, 1.82) is 0 Å². The average molecular weight is 280 g/mol. The van der Waals surface area contributed by atoms with Gasteiger partial charge in [0.15, 0.2) is 17.3 Å². The molecule has 0 fully saturated rings. The number of ether oxygens (including phenoxy) is 2. The summed E-state index contributed by atoms with van der Waals surface area (Å²) in [4.78, 5) is 10.6. The lowest BCUT2D eigenvalue weighted by Crippen LogP contribution is -2.12. The summed E-state index contributed by atoms with van der Waals surface area (Å²) in [6, 6.07) is 0. The van der Waals surface area contributed by atoms with Crippen molar-refractivity contribution in [2.24, 2.45) is 0 Å². The molecule has 0 aliphatic rings. The highest BCUT2D eigenvalue weighted by Crippen LogP contribution is 2.34. The third kappa shape index (κ3) is 3.36. The molecule has 0 amide bonds. The second-order valence-electron chi connectivity index (χ2n) is 3.75. The van der Waals surface area contributed by atoms with E-state index in [2.05, 4.69) is 9.47 Å². The first-order valence-electron chi connectivity index (χ1n) is 5.51. The van der Waals surface area contributed by atoms with E-state index in [1.165, 1.54) is 0 Å². The zero-order valence-corrected chi connectivity index (χ0v) is 10.4. The molecule has 7 heteroatoms. The topological polar surface area (TPSA) is 35.5 Å². The van der Waals surface area contributed by atoms with Crippen molar-refractivity contribution in [3.8, 4) is 11.5 Å². The summed E-state index contributed by atoms with van der Waals surface area (Å²) in [6.45, 7) is 1.97. The van der Waals surface area contributed by atoms with E-state index in [9.17, 15) is 22.4 Å². The lowest BCUT2D eigenvalue weighted by molar-refractivity contribution is -0.119. The molecule has 0 aliphatic heterocycles. The summed E-state index contributed by atoms with van der Waals surface area (Å²) >= 11 is 0. The summed E-state index contributed by atoms with van der Waals surface area (Å²) in [5.74, 6) is -9.79. The number of carbonyl (C=O) groups excluding carboxylic acids is 1. The van der Waals surface area contributed by atoms with Crippen LogP contribution in [-0.4, -0.2) is 19.0 Å². The molecule has 0 spiro atoms. The predicted octanol–water partition coefficient (Wildman–Crippen LogP) is 3.00. The van der Waals surface area contributed by atoms with Crippen LogP contribution in [0.2, 0.25) is 0 Å². The summed E-state index contributed by atoms with van der Waals surface area (Å²) < 4.78 is 62.9. The molecule has 0 bridgehead atoms. The Morgan fingerprint density at radius 1 is 0.947 bits per heavy atom. The molecule has 1 rings (SSSR count). The van der Waals surface area contributed by atoms with Crippen molar-refractivity contribution < 1.29 is 31.8 Å². The summed E-state index contributed by atoms with van der Waals surface area (Å²) in [5.41, 5.74) is 0. The number of ketones is 1. The molecule has 0 radical (unpaired) electrons. The summed E-state index contributed by atoms with van der Waals surface area (Å²) in [5, 5.41) is 0. The van der Waals surface area contributed by atoms with E-state index in [0.29, 0.717) is 6.42 Å². The van der Waals surface area contributed by atoms with Gasteiger partial charge in [0, 0.05) is 0 Å². The standard InChI is InChI=1S/C12H12F4O3/c1-3-4-18-11-7(13)9(15)12(10(16)8(11)14)19-5-6(2)17/h3-5H2,1-2H3. The van der Waals surface area contributed by atoms with Gasteiger partial charge in [0.05, 0.1) is 6.61 Å². The minimum absolute atomic E-state index is 0.0969. The largest absolute Gasteiger partial charge is 0.487 e. The first-order chi connectivity index (χ1) is 8.90. The number of rotatable bonds is 6. The first-order valence-corrected chi connectivity index (χ1v) is 5.51.